The van der Waals surface area contributed by atoms with E-state index in [2.05, 4.69) is 30.4 Å². The predicted molar refractivity (Wildman–Crippen MR) is 165 cm³/mol. The normalized spacial score (nSPS) is 15.7. The number of hydrogen-bond donors (Lipinski definition) is 1. The molecule has 0 bridgehead atoms. The zero-order chi connectivity index (χ0) is 30.6. The smallest absolute Gasteiger partial charge is 0.280 e. The van der Waals surface area contributed by atoms with Gasteiger partial charge in [-0.25, -0.2) is 18.4 Å². The number of nitrogens with one attached hydrogen (secondary N) is 1. The third-order valence-electron chi connectivity index (χ3n) is 6.87. The van der Waals surface area contributed by atoms with Crippen LogP contribution in [-0.2, 0) is 37.9 Å². The highest BCUT2D eigenvalue weighted by atomic mass is 32.2. The van der Waals surface area contributed by atoms with Gasteiger partial charge in [0.1, 0.15) is 21.9 Å². The van der Waals surface area contributed by atoms with Gasteiger partial charge in [-0.1, -0.05) is 28.6 Å². The van der Waals surface area contributed by atoms with Crippen molar-refractivity contribution in [2.75, 3.05) is 57.7 Å². The molecule has 13 nitrogen and oxygen atoms in total. The molecule has 0 saturated carbocycles. The lowest BCUT2D eigenvalue weighted by Crippen LogP contribution is -2.28. The number of hydrogen-bond acceptors (Lipinski definition) is 12. The van der Waals surface area contributed by atoms with Crippen molar-refractivity contribution >= 4 is 54.1 Å². The Morgan fingerprint density at radius 1 is 1.14 bits per heavy atom. The van der Waals surface area contributed by atoms with Crippen molar-refractivity contribution in [3.8, 4) is 0 Å². The third-order valence-corrected chi connectivity index (χ3v) is 9.93. The average Bonchev–Trinajstić information content (AvgIpc) is 3.75. The molecule has 4 aromatic rings. The van der Waals surface area contributed by atoms with Crippen LogP contribution in [0.3, 0.4) is 0 Å². The van der Waals surface area contributed by atoms with Gasteiger partial charge in [0.2, 0.25) is 0 Å². The maximum atomic E-state index is 13.5. The fourth-order valence-corrected chi connectivity index (χ4v) is 6.79. The lowest BCUT2D eigenvalue weighted by atomic mass is 10.1. The largest absolute Gasteiger partial charge is 0.389 e. The molecule has 1 aliphatic rings. The summed E-state index contributed by atoms with van der Waals surface area (Å²) in [6.07, 6.45) is 2.22. The summed E-state index contributed by atoms with van der Waals surface area (Å²) in [6, 6.07) is 11.6. The van der Waals surface area contributed by atoms with Crippen LogP contribution in [-0.4, -0.2) is 97.4 Å². The zero-order valence-electron chi connectivity index (χ0n) is 24.4. The van der Waals surface area contributed by atoms with Crippen molar-refractivity contribution in [2.24, 2.45) is 12.2 Å². The van der Waals surface area contributed by atoms with Gasteiger partial charge in [0.05, 0.1) is 16.8 Å². The van der Waals surface area contributed by atoms with Crippen LogP contribution >= 0.6 is 11.3 Å². The van der Waals surface area contributed by atoms with Crippen molar-refractivity contribution < 1.29 is 22.8 Å². The highest BCUT2D eigenvalue weighted by Gasteiger charge is 2.31. The van der Waals surface area contributed by atoms with E-state index in [0.29, 0.717) is 39.8 Å². The number of pyridine rings is 1. The molecule has 3 aromatic heterocycles. The first kappa shape index (κ1) is 30.5. The van der Waals surface area contributed by atoms with E-state index in [4.69, 9.17) is 14.6 Å². The molecule has 1 aromatic carbocycles. The highest BCUT2D eigenvalue weighted by molar-refractivity contribution is 7.92. The van der Waals surface area contributed by atoms with E-state index in [0.717, 1.165) is 18.9 Å². The van der Waals surface area contributed by atoms with Gasteiger partial charge in [-0.2, -0.15) is 5.10 Å². The zero-order valence-corrected chi connectivity index (χ0v) is 26.1. The highest BCUT2D eigenvalue weighted by Crippen LogP contribution is 2.27. The first-order valence-corrected chi connectivity index (χ1v) is 16.0. The summed E-state index contributed by atoms with van der Waals surface area (Å²) in [5.74, 6) is 0.239. The number of rotatable bonds is 12. The second-order valence-electron chi connectivity index (χ2n) is 10.4. The molecule has 0 aliphatic carbocycles. The number of ether oxygens (including phenoxy) is 1. The molecule has 1 atom stereocenters. The number of anilines is 2. The average molecular weight is 627 g/mol. The van der Waals surface area contributed by atoms with Gasteiger partial charge >= 0.3 is 0 Å². The standard InChI is InChI=1S/C28H34N8O5S2/c1-34(2)14-15-35(3)24-10-9-23-27(30-24)42-28(29-23)31-26(37)25(33-41-17-20-11-13-36(4)32-20)19-5-7-21(8-6-19)43(38,39)22-12-16-40-18-22/h5-11,13,22H,12,14-18H2,1-4H3,(H,29,31,37)/b33-25+/t22-/m0/s1. The molecule has 15 heteroatoms. The molecule has 1 saturated heterocycles. The van der Waals surface area contributed by atoms with Crippen LogP contribution in [0.25, 0.3) is 10.3 Å². The summed E-state index contributed by atoms with van der Waals surface area (Å²) in [4.78, 5) is 33.3. The number of oxime groups is 1. The summed E-state index contributed by atoms with van der Waals surface area (Å²) in [6.45, 7) is 2.32. The lowest BCUT2D eigenvalue weighted by molar-refractivity contribution is -0.110. The molecule has 0 spiro atoms. The molecule has 0 unspecified atom stereocenters. The fraction of sp³-hybridized carbons (Fsp3) is 0.393. The van der Waals surface area contributed by atoms with Crippen molar-refractivity contribution in [3.05, 3.63) is 59.9 Å². The first-order valence-electron chi connectivity index (χ1n) is 13.7. The van der Waals surface area contributed by atoms with E-state index < -0.39 is 21.0 Å². The van der Waals surface area contributed by atoms with Gasteiger partial charge in [-0.05, 0) is 50.8 Å². The Labute approximate surface area is 254 Å². The van der Waals surface area contributed by atoms with Crippen LogP contribution in [0.4, 0.5) is 10.9 Å². The second-order valence-corrected chi connectivity index (χ2v) is 13.6. The fourth-order valence-electron chi connectivity index (χ4n) is 4.38. The molecule has 1 amide bonds. The van der Waals surface area contributed by atoms with E-state index in [1.54, 1.807) is 36.1 Å². The number of sulfone groups is 1. The molecule has 43 heavy (non-hydrogen) atoms. The van der Waals surface area contributed by atoms with E-state index in [9.17, 15) is 13.2 Å². The summed E-state index contributed by atoms with van der Waals surface area (Å²) in [5, 5.41) is 10.9. The summed E-state index contributed by atoms with van der Waals surface area (Å²) in [7, 11) is 4.25. The third kappa shape index (κ3) is 7.36. The molecule has 1 fully saturated rings. The van der Waals surface area contributed by atoms with Gasteiger partial charge in [0.15, 0.2) is 27.3 Å². The van der Waals surface area contributed by atoms with Gasteiger partial charge in [-0.15, -0.1) is 0 Å². The Kier molecular flexibility index (Phi) is 9.34. The van der Waals surface area contributed by atoms with Crippen LogP contribution in [0, 0.1) is 0 Å². The Bertz CT molecular complexity index is 1710. The topological polar surface area (TPSA) is 144 Å². The Hall–Kier alpha value is -3.92. The molecule has 1 N–H and O–H groups in total. The monoisotopic (exact) mass is 626 g/mol. The summed E-state index contributed by atoms with van der Waals surface area (Å²) < 4.78 is 32.9. The number of aryl methyl sites for hydroxylation is 1. The Morgan fingerprint density at radius 3 is 2.60 bits per heavy atom. The molecule has 5 rings (SSSR count). The number of carbonyl (C=O) groups excluding carboxylic acids is 1. The SMILES string of the molecule is CN(C)CCN(C)c1ccc2nc(NC(=O)/C(=N/OCc3ccn(C)n3)c3ccc(S(=O)(=O)[C@H]4CCOC4)cc3)sc2n1. The number of thiazole rings is 1. The van der Waals surface area contributed by atoms with Crippen molar-refractivity contribution in [1.29, 1.82) is 0 Å². The molecular weight excluding hydrogens is 592 g/mol. The molecular formula is C28H34N8O5S2. The number of nitrogens with zero attached hydrogens (tertiary/aromatic N) is 7. The molecule has 228 valence electrons. The summed E-state index contributed by atoms with van der Waals surface area (Å²) >= 11 is 1.25. The van der Waals surface area contributed by atoms with Crippen LogP contribution in [0.15, 0.2) is 58.7 Å². The minimum Gasteiger partial charge on any atom is -0.389 e. The van der Waals surface area contributed by atoms with Crippen molar-refractivity contribution in [1.82, 2.24) is 24.6 Å². The van der Waals surface area contributed by atoms with Gasteiger partial charge in [0, 0.05) is 45.6 Å². The maximum absolute atomic E-state index is 13.5. The van der Waals surface area contributed by atoms with Crippen LogP contribution in [0.5, 0.6) is 0 Å². The van der Waals surface area contributed by atoms with E-state index in [-0.39, 0.29) is 23.8 Å². The van der Waals surface area contributed by atoms with Gasteiger partial charge in [-0.3, -0.25) is 14.8 Å². The minimum absolute atomic E-state index is 0.0413. The van der Waals surface area contributed by atoms with E-state index in [1.807, 2.05) is 33.3 Å². The number of carbonyl (C=O) groups is 1. The molecule has 4 heterocycles. The van der Waals surface area contributed by atoms with Gasteiger partial charge < -0.3 is 19.4 Å². The Morgan fingerprint density at radius 2 is 1.93 bits per heavy atom. The van der Waals surface area contributed by atoms with Crippen LogP contribution < -0.4 is 10.2 Å². The van der Waals surface area contributed by atoms with Crippen LogP contribution in [0.2, 0.25) is 0 Å². The first-order chi connectivity index (χ1) is 20.6. The molecule has 0 radical (unpaired) electrons. The quantitative estimate of drug-likeness (QED) is 0.184. The second kappa shape index (κ2) is 13.2. The number of aromatic nitrogens is 4. The van der Waals surface area contributed by atoms with Crippen molar-refractivity contribution in [3.63, 3.8) is 0 Å². The predicted octanol–water partition coefficient (Wildman–Crippen LogP) is 2.54. The Balaban J connectivity index is 1.37. The number of fused-ring (bicyclic) bond motifs is 1. The summed E-state index contributed by atoms with van der Waals surface area (Å²) in [5.41, 5.74) is 1.62. The van der Waals surface area contributed by atoms with Crippen LogP contribution in [0.1, 0.15) is 17.7 Å². The van der Waals surface area contributed by atoms with Crippen molar-refractivity contribution in [2.45, 2.75) is 23.2 Å². The maximum Gasteiger partial charge on any atom is 0.280 e. The molecule has 1 aliphatic heterocycles. The lowest BCUT2D eigenvalue weighted by Gasteiger charge is -2.20. The van der Waals surface area contributed by atoms with E-state index >= 15 is 0 Å². The number of benzene rings is 1. The number of likely N-dealkylation sites (N-methyl/N-ethyl adjacent to an activating group) is 2. The number of amides is 1. The van der Waals surface area contributed by atoms with Gasteiger partial charge in [0.25, 0.3) is 5.91 Å². The minimum atomic E-state index is -3.56. The van der Waals surface area contributed by atoms with E-state index in [1.165, 1.54) is 23.5 Å².